The predicted molar refractivity (Wildman–Crippen MR) is 82.3 cm³/mol. The highest BCUT2D eigenvalue weighted by atomic mass is 32.2. The SMILES string of the molecule is CCCCCC(O)C(CC=O)SC[C@H](NC(C)=O)C(=O)O. The molecule has 0 aromatic heterocycles. The van der Waals surface area contributed by atoms with Crippen LogP contribution in [-0.4, -0.2) is 51.5 Å². The fraction of sp³-hybridized carbons (Fsp3) is 0.786. The third-order valence-electron chi connectivity index (χ3n) is 3.01. The molecule has 0 bridgehead atoms. The first-order valence-electron chi connectivity index (χ1n) is 7.15. The number of carboxylic acid groups (broad SMARTS) is 1. The van der Waals surface area contributed by atoms with Gasteiger partial charge in [0.2, 0.25) is 5.91 Å². The fourth-order valence-corrected chi connectivity index (χ4v) is 3.10. The quantitative estimate of drug-likeness (QED) is 0.369. The molecule has 21 heavy (non-hydrogen) atoms. The van der Waals surface area contributed by atoms with Crippen molar-refractivity contribution in [2.24, 2.45) is 0 Å². The molecule has 7 heteroatoms. The number of amides is 1. The van der Waals surface area contributed by atoms with Crippen molar-refractivity contribution >= 4 is 29.9 Å². The highest BCUT2D eigenvalue weighted by Gasteiger charge is 2.24. The molecule has 0 fully saturated rings. The number of carboxylic acids is 1. The minimum absolute atomic E-state index is 0.123. The zero-order valence-corrected chi connectivity index (χ0v) is 13.4. The summed E-state index contributed by atoms with van der Waals surface area (Å²) in [6, 6.07) is -1.01. The Morgan fingerprint density at radius 2 is 2.00 bits per heavy atom. The van der Waals surface area contributed by atoms with Gasteiger partial charge in [-0.1, -0.05) is 26.2 Å². The second-order valence-electron chi connectivity index (χ2n) is 4.93. The molecule has 6 nitrogen and oxygen atoms in total. The molecule has 0 radical (unpaired) electrons. The first-order chi connectivity index (χ1) is 9.92. The molecule has 0 spiro atoms. The molecule has 3 atom stereocenters. The topological polar surface area (TPSA) is 104 Å². The lowest BCUT2D eigenvalue weighted by Gasteiger charge is -2.22. The Balaban J connectivity index is 4.42. The summed E-state index contributed by atoms with van der Waals surface area (Å²) in [6.07, 6.45) is 3.79. The summed E-state index contributed by atoms with van der Waals surface area (Å²) in [5.74, 6) is -1.42. The summed E-state index contributed by atoms with van der Waals surface area (Å²) in [5.41, 5.74) is 0. The molecular weight excluding hydrogens is 294 g/mol. The summed E-state index contributed by atoms with van der Waals surface area (Å²) >= 11 is 1.21. The van der Waals surface area contributed by atoms with E-state index in [0.717, 1.165) is 25.5 Å². The van der Waals surface area contributed by atoms with E-state index >= 15 is 0 Å². The van der Waals surface area contributed by atoms with Gasteiger partial charge in [-0.2, -0.15) is 11.8 Å². The predicted octanol–water partition coefficient (Wildman–Crippen LogP) is 1.21. The third kappa shape index (κ3) is 9.47. The Hall–Kier alpha value is -1.08. The standard InChI is InChI=1S/C14H25NO5S/c1-3-4-5-6-12(18)13(7-8-16)21-9-11(14(19)20)15-10(2)17/h8,11-13,18H,3-7,9H2,1-2H3,(H,15,17)(H,19,20)/t11-,12?,13?/m0/s1. The van der Waals surface area contributed by atoms with Crippen LogP contribution in [0.4, 0.5) is 0 Å². The Morgan fingerprint density at radius 1 is 1.33 bits per heavy atom. The average molecular weight is 319 g/mol. The Labute approximate surface area is 129 Å². The highest BCUT2D eigenvalue weighted by molar-refractivity contribution is 8.00. The lowest BCUT2D eigenvalue weighted by molar-refractivity contribution is -0.140. The summed E-state index contributed by atoms with van der Waals surface area (Å²) in [6.45, 7) is 3.32. The van der Waals surface area contributed by atoms with E-state index in [1.807, 2.05) is 0 Å². The van der Waals surface area contributed by atoms with Crippen molar-refractivity contribution in [1.29, 1.82) is 0 Å². The number of thioether (sulfide) groups is 1. The second-order valence-corrected chi connectivity index (χ2v) is 6.20. The van der Waals surface area contributed by atoms with Gasteiger partial charge in [-0.3, -0.25) is 4.79 Å². The van der Waals surface area contributed by atoms with Gasteiger partial charge in [-0.15, -0.1) is 0 Å². The molecule has 2 unspecified atom stereocenters. The average Bonchev–Trinajstić information content (AvgIpc) is 2.41. The van der Waals surface area contributed by atoms with Gasteiger partial charge >= 0.3 is 5.97 Å². The lowest BCUT2D eigenvalue weighted by Crippen LogP contribution is -2.42. The van der Waals surface area contributed by atoms with Crippen molar-refractivity contribution in [2.75, 3.05) is 5.75 Å². The summed E-state index contributed by atoms with van der Waals surface area (Å²) in [7, 11) is 0. The zero-order valence-electron chi connectivity index (χ0n) is 12.6. The number of hydrogen-bond acceptors (Lipinski definition) is 5. The van der Waals surface area contributed by atoms with Crippen LogP contribution in [0.1, 0.15) is 46.0 Å². The zero-order chi connectivity index (χ0) is 16.3. The normalized spacial score (nSPS) is 15.0. The van der Waals surface area contributed by atoms with Crippen molar-refractivity contribution in [2.45, 2.75) is 63.3 Å². The van der Waals surface area contributed by atoms with Crippen molar-refractivity contribution in [1.82, 2.24) is 5.32 Å². The summed E-state index contributed by atoms with van der Waals surface area (Å²) < 4.78 is 0. The van der Waals surface area contributed by atoms with Crippen LogP contribution < -0.4 is 5.32 Å². The molecule has 0 aromatic rings. The molecule has 1 amide bonds. The van der Waals surface area contributed by atoms with Gasteiger partial charge in [-0.25, -0.2) is 4.79 Å². The molecule has 0 rings (SSSR count). The number of rotatable bonds is 12. The van der Waals surface area contributed by atoms with Gasteiger partial charge in [0.1, 0.15) is 12.3 Å². The Kier molecular flexibility index (Phi) is 11.0. The molecule has 0 heterocycles. The van der Waals surface area contributed by atoms with E-state index in [2.05, 4.69) is 12.2 Å². The molecule has 0 saturated heterocycles. The molecule has 122 valence electrons. The van der Waals surface area contributed by atoms with Gasteiger partial charge < -0.3 is 20.3 Å². The van der Waals surface area contributed by atoms with E-state index in [4.69, 9.17) is 5.11 Å². The van der Waals surface area contributed by atoms with Crippen LogP contribution >= 0.6 is 11.8 Å². The van der Waals surface area contributed by atoms with Crippen molar-refractivity contribution in [3.63, 3.8) is 0 Å². The molecule has 0 aliphatic carbocycles. The van der Waals surface area contributed by atoms with E-state index in [-0.39, 0.29) is 17.4 Å². The Morgan fingerprint density at radius 3 is 2.48 bits per heavy atom. The van der Waals surface area contributed by atoms with Crippen molar-refractivity contribution < 1.29 is 24.6 Å². The van der Waals surface area contributed by atoms with Crippen LogP contribution in [0.25, 0.3) is 0 Å². The number of hydrogen-bond donors (Lipinski definition) is 3. The van der Waals surface area contributed by atoms with Crippen LogP contribution in [0.5, 0.6) is 0 Å². The highest BCUT2D eigenvalue weighted by Crippen LogP contribution is 2.22. The first kappa shape index (κ1) is 19.9. The van der Waals surface area contributed by atoms with Gasteiger partial charge in [0.05, 0.1) is 6.10 Å². The lowest BCUT2D eigenvalue weighted by atomic mass is 10.1. The minimum Gasteiger partial charge on any atom is -0.480 e. The van der Waals surface area contributed by atoms with Crippen LogP contribution in [0.2, 0.25) is 0 Å². The minimum atomic E-state index is -1.12. The van der Waals surface area contributed by atoms with Crippen LogP contribution in [-0.2, 0) is 14.4 Å². The smallest absolute Gasteiger partial charge is 0.327 e. The number of carbonyl (C=O) groups is 3. The number of unbranched alkanes of at least 4 members (excludes halogenated alkanes) is 2. The molecular formula is C14H25NO5S. The molecule has 3 N–H and O–H groups in total. The summed E-state index contributed by atoms with van der Waals surface area (Å²) in [5, 5.41) is 21.1. The Bertz CT molecular complexity index is 337. The molecule has 0 aromatic carbocycles. The van der Waals surface area contributed by atoms with E-state index < -0.39 is 24.0 Å². The van der Waals surface area contributed by atoms with Gasteiger partial charge in [0, 0.05) is 24.3 Å². The van der Waals surface area contributed by atoms with E-state index in [1.165, 1.54) is 18.7 Å². The number of aliphatic hydroxyl groups is 1. The molecule has 0 aliphatic heterocycles. The number of aliphatic hydroxyl groups excluding tert-OH is 1. The third-order valence-corrected chi connectivity index (χ3v) is 4.47. The fourth-order valence-electron chi connectivity index (χ4n) is 1.86. The van der Waals surface area contributed by atoms with Crippen molar-refractivity contribution in [3.8, 4) is 0 Å². The van der Waals surface area contributed by atoms with E-state index in [1.54, 1.807) is 0 Å². The molecule has 0 saturated carbocycles. The monoisotopic (exact) mass is 319 g/mol. The summed E-state index contributed by atoms with van der Waals surface area (Å²) in [4.78, 5) is 32.7. The van der Waals surface area contributed by atoms with Gasteiger partial charge in [0.15, 0.2) is 0 Å². The van der Waals surface area contributed by atoms with E-state index in [9.17, 15) is 19.5 Å². The molecule has 0 aliphatic rings. The van der Waals surface area contributed by atoms with E-state index in [0.29, 0.717) is 6.42 Å². The number of aldehydes is 1. The maximum absolute atomic E-state index is 11.0. The van der Waals surface area contributed by atoms with Gasteiger partial charge in [-0.05, 0) is 6.42 Å². The van der Waals surface area contributed by atoms with Gasteiger partial charge in [0.25, 0.3) is 0 Å². The number of aliphatic carboxylic acids is 1. The largest absolute Gasteiger partial charge is 0.480 e. The van der Waals surface area contributed by atoms with Crippen LogP contribution in [0.3, 0.4) is 0 Å². The number of carbonyl (C=O) groups excluding carboxylic acids is 2. The first-order valence-corrected chi connectivity index (χ1v) is 8.20. The number of nitrogens with one attached hydrogen (secondary N) is 1. The van der Waals surface area contributed by atoms with Crippen LogP contribution in [0, 0.1) is 0 Å². The maximum Gasteiger partial charge on any atom is 0.327 e. The van der Waals surface area contributed by atoms with Crippen LogP contribution in [0.15, 0.2) is 0 Å². The second kappa shape index (κ2) is 11.6. The van der Waals surface area contributed by atoms with Crippen molar-refractivity contribution in [3.05, 3.63) is 0 Å². The maximum atomic E-state index is 11.0.